The van der Waals surface area contributed by atoms with E-state index < -0.39 is 11.6 Å². The molecule has 0 aromatic heterocycles. The van der Waals surface area contributed by atoms with E-state index in [4.69, 9.17) is 5.73 Å². The topological polar surface area (TPSA) is 41.6 Å². The van der Waals surface area contributed by atoms with Crippen molar-refractivity contribution in [3.8, 4) is 0 Å². The summed E-state index contributed by atoms with van der Waals surface area (Å²) in [6.45, 7) is 2.06. The summed E-state index contributed by atoms with van der Waals surface area (Å²) in [5.41, 5.74) is 5.94. The number of halogens is 3. The van der Waals surface area contributed by atoms with E-state index >= 15 is 0 Å². The number of aliphatic imine (C=N–C) groups is 1. The molecule has 1 heterocycles. The first-order chi connectivity index (χ1) is 9.18. The normalized spacial score (nSPS) is 15.9. The monoisotopic (exact) mass is 413 g/mol. The number of hydrogen-bond donors (Lipinski definition) is 1. The first kappa shape index (κ1) is 17.5. The van der Waals surface area contributed by atoms with Crippen LogP contribution in [0.2, 0.25) is 0 Å². The fourth-order valence-electron chi connectivity index (χ4n) is 1.95. The molecule has 0 saturated carbocycles. The van der Waals surface area contributed by atoms with E-state index in [1.54, 1.807) is 0 Å². The average Bonchev–Trinajstić information content (AvgIpc) is 2.43. The van der Waals surface area contributed by atoms with E-state index in [-0.39, 0.29) is 36.0 Å². The molecule has 1 saturated heterocycles. The van der Waals surface area contributed by atoms with Crippen LogP contribution in [0.4, 0.5) is 8.78 Å². The van der Waals surface area contributed by atoms with Crippen molar-refractivity contribution >= 4 is 41.7 Å². The highest BCUT2D eigenvalue weighted by molar-refractivity contribution is 14.0. The van der Waals surface area contributed by atoms with Crippen LogP contribution < -0.4 is 5.73 Å². The van der Waals surface area contributed by atoms with Gasteiger partial charge in [0.2, 0.25) is 0 Å². The van der Waals surface area contributed by atoms with E-state index in [2.05, 4.69) is 4.99 Å². The summed E-state index contributed by atoms with van der Waals surface area (Å²) in [7, 11) is 0. The molecular weight excluding hydrogens is 395 g/mol. The van der Waals surface area contributed by atoms with E-state index in [0.29, 0.717) is 12.5 Å². The highest BCUT2D eigenvalue weighted by Crippen LogP contribution is 2.13. The second kappa shape index (κ2) is 8.66. The Morgan fingerprint density at radius 1 is 1.25 bits per heavy atom. The van der Waals surface area contributed by atoms with Crippen LogP contribution in [0, 0.1) is 11.6 Å². The van der Waals surface area contributed by atoms with Crippen LogP contribution in [0.15, 0.2) is 23.2 Å². The zero-order valence-corrected chi connectivity index (χ0v) is 14.2. The van der Waals surface area contributed by atoms with E-state index in [1.807, 2.05) is 16.7 Å². The molecule has 112 valence electrons. The molecular formula is C13H18F2IN3S. The van der Waals surface area contributed by atoms with E-state index in [0.717, 1.165) is 24.6 Å². The Balaban J connectivity index is 0.00000200. The van der Waals surface area contributed by atoms with E-state index in [9.17, 15) is 8.78 Å². The average molecular weight is 413 g/mol. The Morgan fingerprint density at radius 3 is 2.45 bits per heavy atom. The van der Waals surface area contributed by atoms with Crippen LogP contribution in [-0.2, 0) is 6.42 Å². The molecule has 1 fully saturated rings. The fraction of sp³-hybridized carbons (Fsp3) is 0.462. The molecule has 1 aromatic rings. The second-order valence-corrected chi connectivity index (χ2v) is 5.51. The molecule has 0 bridgehead atoms. The number of thioether (sulfide) groups is 1. The quantitative estimate of drug-likeness (QED) is 0.471. The van der Waals surface area contributed by atoms with Gasteiger partial charge in [-0.25, -0.2) is 8.78 Å². The predicted molar refractivity (Wildman–Crippen MR) is 90.9 cm³/mol. The Labute approximate surface area is 139 Å². The molecule has 0 unspecified atom stereocenters. The number of nitrogens with two attached hydrogens (primary N) is 1. The SMILES string of the molecule is I.NC(=NCCc1c(F)cccc1F)N1CCSCC1. The van der Waals surface area contributed by atoms with Gasteiger partial charge in [-0.2, -0.15) is 11.8 Å². The van der Waals surface area contributed by atoms with Gasteiger partial charge in [-0.1, -0.05) is 6.07 Å². The molecule has 3 nitrogen and oxygen atoms in total. The number of rotatable bonds is 3. The van der Waals surface area contributed by atoms with Crippen LogP contribution in [-0.4, -0.2) is 42.0 Å². The second-order valence-electron chi connectivity index (χ2n) is 4.29. The van der Waals surface area contributed by atoms with Gasteiger partial charge in [0, 0.05) is 36.7 Å². The lowest BCUT2D eigenvalue weighted by Crippen LogP contribution is -2.42. The maximum absolute atomic E-state index is 13.4. The maximum Gasteiger partial charge on any atom is 0.191 e. The van der Waals surface area contributed by atoms with Crippen LogP contribution in [0.5, 0.6) is 0 Å². The minimum absolute atomic E-state index is 0. The summed E-state index contributed by atoms with van der Waals surface area (Å²) in [6.07, 6.45) is 0.224. The minimum atomic E-state index is -0.525. The van der Waals surface area contributed by atoms with Crippen molar-refractivity contribution in [3.05, 3.63) is 35.4 Å². The van der Waals surface area contributed by atoms with Gasteiger partial charge in [-0.15, -0.1) is 24.0 Å². The van der Waals surface area contributed by atoms with Gasteiger partial charge >= 0.3 is 0 Å². The van der Waals surface area contributed by atoms with Gasteiger partial charge in [-0.05, 0) is 18.6 Å². The lowest BCUT2D eigenvalue weighted by molar-refractivity contribution is 0.455. The minimum Gasteiger partial charge on any atom is -0.370 e. The Morgan fingerprint density at radius 2 is 1.85 bits per heavy atom. The highest BCUT2D eigenvalue weighted by atomic mass is 127. The van der Waals surface area contributed by atoms with Crippen LogP contribution in [0.1, 0.15) is 5.56 Å². The first-order valence-corrected chi connectivity index (χ1v) is 7.39. The van der Waals surface area contributed by atoms with Crippen molar-refractivity contribution in [1.29, 1.82) is 0 Å². The third-order valence-electron chi connectivity index (χ3n) is 3.03. The molecule has 1 aliphatic rings. The Kier molecular flexibility index (Phi) is 7.57. The molecule has 2 rings (SSSR count). The van der Waals surface area contributed by atoms with E-state index in [1.165, 1.54) is 18.2 Å². The molecule has 20 heavy (non-hydrogen) atoms. The van der Waals surface area contributed by atoms with Gasteiger partial charge in [0.1, 0.15) is 11.6 Å². The Bertz CT molecular complexity index is 445. The molecule has 1 aliphatic heterocycles. The number of guanidine groups is 1. The fourth-order valence-corrected chi connectivity index (χ4v) is 2.85. The van der Waals surface area contributed by atoms with Crippen molar-refractivity contribution < 1.29 is 8.78 Å². The van der Waals surface area contributed by atoms with Gasteiger partial charge in [0.15, 0.2) is 5.96 Å². The molecule has 2 N–H and O–H groups in total. The number of hydrogen-bond acceptors (Lipinski definition) is 2. The molecule has 0 radical (unpaired) electrons. The first-order valence-electron chi connectivity index (χ1n) is 6.24. The number of nitrogens with zero attached hydrogens (tertiary/aromatic N) is 2. The van der Waals surface area contributed by atoms with Gasteiger partial charge in [0.25, 0.3) is 0 Å². The smallest absolute Gasteiger partial charge is 0.191 e. The standard InChI is InChI=1S/C13H17F2N3S.HI/c14-11-2-1-3-12(15)10(11)4-5-17-13(16)18-6-8-19-9-7-18;/h1-3H,4-9H2,(H2,16,17);1H. The lowest BCUT2D eigenvalue weighted by atomic mass is 10.1. The van der Waals surface area contributed by atoms with Crippen molar-refractivity contribution in [3.63, 3.8) is 0 Å². The summed E-state index contributed by atoms with van der Waals surface area (Å²) in [5.74, 6) is 1.50. The summed E-state index contributed by atoms with van der Waals surface area (Å²) in [4.78, 5) is 6.21. The van der Waals surface area contributed by atoms with Crippen LogP contribution in [0.3, 0.4) is 0 Å². The van der Waals surface area contributed by atoms with Gasteiger partial charge in [-0.3, -0.25) is 4.99 Å². The predicted octanol–water partition coefficient (Wildman–Crippen LogP) is 2.49. The van der Waals surface area contributed by atoms with Crippen molar-refractivity contribution in [1.82, 2.24) is 4.90 Å². The van der Waals surface area contributed by atoms with Crippen molar-refractivity contribution in [2.24, 2.45) is 10.7 Å². The van der Waals surface area contributed by atoms with Gasteiger partial charge in [0.05, 0.1) is 0 Å². The summed E-state index contributed by atoms with van der Waals surface area (Å²) in [5, 5.41) is 0. The Hall–Kier alpha value is -0.570. The van der Waals surface area contributed by atoms with Crippen LogP contribution >= 0.6 is 35.7 Å². The maximum atomic E-state index is 13.4. The summed E-state index contributed by atoms with van der Waals surface area (Å²) >= 11 is 1.89. The molecule has 0 spiro atoms. The van der Waals surface area contributed by atoms with Crippen molar-refractivity contribution in [2.45, 2.75) is 6.42 Å². The number of benzene rings is 1. The molecule has 7 heteroatoms. The molecule has 0 atom stereocenters. The highest BCUT2D eigenvalue weighted by Gasteiger charge is 2.12. The molecule has 1 aromatic carbocycles. The largest absolute Gasteiger partial charge is 0.370 e. The molecule has 0 amide bonds. The van der Waals surface area contributed by atoms with Crippen LogP contribution in [0.25, 0.3) is 0 Å². The van der Waals surface area contributed by atoms with Crippen molar-refractivity contribution in [2.75, 3.05) is 31.1 Å². The zero-order valence-electron chi connectivity index (χ0n) is 11.0. The third kappa shape index (κ3) is 4.76. The summed E-state index contributed by atoms with van der Waals surface area (Å²) < 4.78 is 26.8. The van der Waals surface area contributed by atoms with Gasteiger partial charge < -0.3 is 10.6 Å². The zero-order chi connectivity index (χ0) is 13.7. The molecule has 0 aliphatic carbocycles. The third-order valence-corrected chi connectivity index (χ3v) is 3.97. The lowest BCUT2D eigenvalue weighted by Gasteiger charge is -2.27. The summed E-state index contributed by atoms with van der Waals surface area (Å²) in [6, 6.07) is 3.87.